The second kappa shape index (κ2) is 8.23. The second-order valence-electron chi connectivity index (χ2n) is 3.80. The molecule has 1 atom stereocenters. The highest BCUT2D eigenvalue weighted by Gasteiger charge is 2.09. The lowest BCUT2D eigenvalue weighted by Gasteiger charge is -2.13. The van der Waals surface area contributed by atoms with Gasteiger partial charge >= 0.3 is 0 Å². The normalized spacial score (nSPS) is 12.2. The van der Waals surface area contributed by atoms with Crippen molar-refractivity contribution in [2.24, 2.45) is 0 Å². The van der Waals surface area contributed by atoms with Crippen LogP contribution in [0, 0.1) is 0 Å². The van der Waals surface area contributed by atoms with Gasteiger partial charge in [0.1, 0.15) is 22.4 Å². The first-order valence-electron chi connectivity index (χ1n) is 5.84. The second-order valence-corrected chi connectivity index (χ2v) is 4.59. The number of nitrogens with one attached hydrogen (secondary N) is 2. The van der Waals surface area contributed by atoms with E-state index < -0.39 is 6.10 Å². The molecule has 0 aliphatic rings. The summed E-state index contributed by atoms with van der Waals surface area (Å²) in [6, 6.07) is 0. The van der Waals surface area contributed by atoms with Gasteiger partial charge in [-0.15, -0.1) is 0 Å². The molecule has 0 radical (unpaired) electrons. The third kappa shape index (κ3) is 4.75. The quantitative estimate of drug-likeness (QED) is 0.674. The first-order chi connectivity index (χ1) is 8.69. The number of halogens is 1. The molecule has 0 aliphatic carbocycles. The maximum Gasteiger partial charge on any atom is 0.146 e. The van der Waals surface area contributed by atoms with Crippen molar-refractivity contribution in [3.63, 3.8) is 0 Å². The topological polar surface area (TPSA) is 79.3 Å². The van der Waals surface area contributed by atoms with E-state index in [4.69, 9.17) is 4.74 Å². The van der Waals surface area contributed by atoms with Crippen molar-refractivity contribution in [3.8, 4) is 0 Å². The lowest BCUT2D eigenvalue weighted by Crippen LogP contribution is -2.24. The molecule has 7 heteroatoms. The lowest BCUT2D eigenvalue weighted by molar-refractivity contribution is 0.0727. The van der Waals surface area contributed by atoms with Crippen molar-refractivity contribution in [3.05, 3.63) is 10.8 Å². The fourth-order valence-corrected chi connectivity index (χ4v) is 1.81. The Morgan fingerprint density at radius 1 is 1.39 bits per heavy atom. The van der Waals surface area contributed by atoms with E-state index in [0.29, 0.717) is 12.4 Å². The number of methoxy groups -OCH3 is 1. The molecule has 0 saturated carbocycles. The van der Waals surface area contributed by atoms with Crippen molar-refractivity contribution in [1.29, 1.82) is 0 Å². The molecule has 102 valence electrons. The zero-order valence-electron chi connectivity index (χ0n) is 10.6. The van der Waals surface area contributed by atoms with Crippen molar-refractivity contribution < 1.29 is 9.84 Å². The highest BCUT2D eigenvalue weighted by Crippen LogP contribution is 2.26. The van der Waals surface area contributed by atoms with Crippen LogP contribution in [-0.2, 0) is 4.74 Å². The fourth-order valence-electron chi connectivity index (χ4n) is 1.33. The summed E-state index contributed by atoms with van der Waals surface area (Å²) in [5, 5.41) is 15.8. The number of aliphatic hydroxyl groups excluding tert-OH is 1. The predicted octanol–water partition coefficient (Wildman–Crippen LogP) is 1.48. The van der Waals surface area contributed by atoms with E-state index in [9.17, 15) is 5.11 Å². The van der Waals surface area contributed by atoms with E-state index in [1.807, 2.05) is 0 Å². The Morgan fingerprint density at radius 3 is 2.67 bits per heavy atom. The first kappa shape index (κ1) is 15.1. The van der Waals surface area contributed by atoms with E-state index >= 15 is 0 Å². The number of rotatable bonds is 8. The van der Waals surface area contributed by atoms with Crippen molar-refractivity contribution in [1.82, 2.24) is 9.97 Å². The Morgan fingerprint density at radius 2 is 2.06 bits per heavy atom. The highest BCUT2D eigenvalue weighted by molar-refractivity contribution is 9.10. The van der Waals surface area contributed by atoms with E-state index in [2.05, 4.69) is 43.5 Å². The summed E-state index contributed by atoms with van der Waals surface area (Å²) in [7, 11) is 1.55. The largest absolute Gasteiger partial charge is 0.389 e. The highest BCUT2D eigenvalue weighted by atomic mass is 79.9. The maximum absolute atomic E-state index is 9.55. The van der Waals surface area contributed by atoms with Crippen LogP contribution in [0.2, 0.25) is 0 Å². The van der Waals surface area contributed by atoms with Crippen molar-refractivity contribution in [2.45, 2.75) is 19.4 Å². The molecule has 1 unspecified atom stereocenters. The summed E-state index contributed by atoms with van der Waals surface area (Å²) in [4.78, 5) is 8.26. The molecular weight excluding hydrogens is 300 g/mol. The molecule has 0 saturated heterocycles. The van der Waals surface area contributed by atoms with Crippen LogP contribution in [0.3, 0.4) is 0 Å². The number of aliphatic hydroxyl groups is 1. The first-order valence-corrected chi connectivity index (χ1v) is 6.63. The molecule has 1 aromatic heterocycles. The number of aromatic nitrogens is 2. The zero-order chi connectivity index (χ0) is 13.4. The summed E-state index contributed by atoms with van der Waals surface area (Å²) in [5.74, 6) is 1.40. The minimum absolute atomic E-state index is 0.288. The van der Waals surface area contributed by atoms with Crippen LogP contribution >= 0.6 is 15.9 Å². The Labute approximate surface area is 115 Å². The van der Waals surface area contributed by atoms with Crippen molar-refractivity contribution >= 4 is 27.6 Å². The Kier molecular flexibility index (Phi) is 6.92. The van der Waals surface area contributed by atoms with Crippen LogP contribution < -0.4 is 10.6 Å². The van der Waals surface area contributed by atoms with Gasteiger partial charge in [0.2, 0.25) is 0 Å². The van der Waals surface area contributed by atoms with Gasteiger partial charge in [-0.1, -0.05) is 6.92 Å². The molecule has 0 spiro atoms. The molecule has 0 amide bonds. The average Bonchev–Trinajstić information content (AvgIpc) is 2.36. The Hall–Kier alpha value is -0.920. The van der Waals surface area contributed by atoms with Crippen LogP contribution in [0.1, 0.15) is 13.3 Å². The average molecular weight is 319 g/mol. The zero-order valence-corrected chi connectivity index (χ0v) is 12.2. The smallest absolute Gasteiger partial charge is 0.146 e. The summed E-state index contributed by atoms with van der Waals surface area (Å²) < 4.78 is 5.62. The number of hydrogen-bond acceptors (Lipinski definition) is 6. The Balaban J connectivity index is 2.60. The molecule has 3 N–H and O–H groups in total. The minimum Gasteiger partial charge on any atom is -0.389 e. The number of anilines is 2. The van der Waals surface area contributed by atoms with E-state index in [-0.39, 0.29) is 6.61 Å². The Bertz CT molecular complexity index is 365. The number of nitrogens with zero attached hydrogens (tertiary/aromatic N) is 2. The van der Waals surface area contributed by atoms with Gasteiger partial charge in [0.05, 0.1) is 12.7 Å². The van der Waals surface area contributed by atoms with Gasteiger partial charge in [0, 0.05) is 20.2 Å². The predicted molar refractivity (Wildman–Crippen MR) is 74.9 cm³/mol. The standard InChI is InChI=1S/C11H19BrN4O2/c1-3-4-13-10-9(12)11(16-7-15-10)14-5-8(17)6-18-2/h7-8,17H,3-6H2,1-2H3,(H2,13,14,15,16). The van der Waals surface area contributed by atoms with Gasteiger partial charge in [0.15, 0.2) is 0 Å². The summed E-state index contributed by atoms with van der Waals surface area (Å²) in [6.45, 7) is 3.59. The molecule has 1 heterocycles. The maximum atomic E-state index is 9.55. The van der Waals surface area contributed by atoms with Crippen LogP contribution in [0.4, 0.5) is 11.6 Å². The molecule has 0 fully saturated rings. The van der Waals surface area contributed by atoms with Crippen LogP contribution in [0.15, 0.2) is 10.8 Å². The molecule has 0 aromatic carbocycles. The molecule has 18 heavy (non-hydrogen) atoms. The number of ether oxygens (including phenoxy) is 1. The molecule has 0 aliphatic heterocycles. The SMILES string of the molecule is CCCNc1ncnc(NCC(O)COC)c1Br. The van der Waals surface area contributed by atoms with E-state index in [1.165, 1.54) is 6.33 Å². The van der Waals surface area contributed by atoms with E-state index in [1.54, 1.807) is 7.11 Å². The van der Waals surface area contributed by atoms with Crippen LogP contribution in [0.5, 0.6) is 0 Å². The summed E-state index contributed by atoms with van der Waals surface area (Å²) >= 11 is 3.44. The number of hydrogen-bond donors (Lipinski definition) is 3. The van der Waals surface area contributed by atoms with Gasteiger partial charge in [-0.05, 0) is 22.4 Å². The molecule has 1 rings (SSSR count). The monoisotopic (exact) mass is 318 g/mol. The van der Waals surface area contributed by atoms with Gasteiger partial charge < -0.3 is 20.5 Å². The van der Waals surface area contributed by atoms with Crippen LogP contribution in [0.25, 0.3) is 0 Å². The van der Waals surface area contributed by atoms with Gasteiger partial charge in [-0.2, -0.15) is 0 Å². The molecular formula is C11H19BrN4O2. The molecule has 0 bridgehead atoms. The molecule has 1 aromatic rings. The lowest BCUT2D eigenvalue weighted by atomic mass is 10.3. The summed E-state index contributed by atoms with van der Waals surface area (Å²) in [6.07, 6.45) is 1.93. The van der Waals surface area contributed by atoms with Gasteiger partial charge in [-0.25, -0.2) is 9.97 Å². The van der Waals surface area contributed by atoms with Crippen molar-refractivity contribution in [2.75, 3.05) is 37.4 Å². The summed E-state index contributed by atoms with van der Waals surface area (Å²) in [5.41, 5.74) is 0. The van der Waals surface area contributed by atoms with Crippen LogP contribution in [-0.4, -0.2) is 48.0 Å². The minimum atomic E-state index is -0.566. The van der Waals surface area contributed by atoms with E-state index in [0.717, 1.165) is 23.3 Å². The third-order valence-electron chi connectivity index (χ3n) is 2.20. The van der Waals surface area contributed by atoms with Gasteiger partial charge in [-0.3, -0.25) is 0 Å². The fraction of sp³-hybridized carbons (Fsp3) is 0.636. The third-order valence-corrected chi connectivity index (χ3v) is 2.95. The molecule has 6 nitrogen and oxygen atoms in total. The van der Waals surface area contributed by atoms with Gasteiger partial charge in [0.25, 0.3) is 0 Å².